The number of nitro groups is 1. The number of aryl methyl sites for hydroxylation is 1. The highest BCUT2D eigenvalue weighted by Crippen LogP contribution is 2.39. The Morgan fingerprint density at radius 1 is 1.08 bits per heavy atom. The number of nitrogens with zero attached hydrogens (tertiary/aromatic N) is 3. The standard InChI is InChI=1S/C19H15N3O4/c1-20-11-14(12-6-2-3-7-15(12)20)13-10-18(23)21(19(13)24)16-8-4-5-9-17(16)22(25)26/h2-9,11,13H,10H2,1H3. The lowest BCUT2D eigenvalue weighted by Gasteiger charge is -2.14. The quantitative estimate of drug-likeness (QED) is 0.413. The summed E-state index contributed by atoms with van der Waals surface area (Å²) in [5.74, 6) is -1.50. The van der Waals surface area contributed by atoms with Crippen molar-refractivity contribution in [3.63, 3.8) is 0 Å². The van der Waals surface area contributed by atoms with Crippen molar-refractivity contribution in [3.05, 3.63) is 70.4 Å². The first-order valence-corrected chi connectivity index (χ1v) is 8.13. The molecule has 1 aromatic heterocycles. The predicted molar refractivity (Wildman–Crippen MR) is 95.9 cm³/mol. The summed E-state index contributed by atoms with van der Waals surface area (Å²) in [4.78, 5) is 37.2. The minimum absolute atomic E-state index is 0.00110. The molecule has 0 aliphatic carbocycles. The highest BCUT2D eigenvalue weighted by atomic mass is 16.6. The number of benzene rings is 2. The highest BCUT2D eigenvalue weighted by molar-refractivity contribution is 6.24. The summed E-state index contributed by atoms with van der Waals surface area (Å²) in [6, 6.07) is 13.5. The van der Waals surface area contributed by atoms with Crippen LogP contribution in [0.3, 0.4) is 0 Å². The Bertz CT molecular complexity index is 1070. The van der Waals surface area contributed by atoms with Crippen LogP contribution in [0.4, 0.5) is 11.4 Å². The normalized spacial score (nSPS) is 17.3. The fraction of sp³-hybridized carbons (Fsp3) is 0.158. The zero-order chi connectivity index (χ0) is 18.4. The minimum Gasteiger partial charge on any atom is -0.350 e. The maximum absolute atomic E-state index is 13.0. The van der Waals surface area contributed by atoms with E-state index in [1.165, 1.54) is 18.2 Å². The molecule has 0 N–H and O–H groups in total. The summed E-state index contributed by atoms with van der Waals surface area (Å²) in [7, 11) is 1.88. The van der Waals surface area contributed by atoms with Crippen molar-refractivity contribution in [1.82, 2.24) is 4.57 Å². The van der Waals surface area contributed by atoms with Gasteiger partial charge in [0.15, 0.2) is 0 Å². The van der Waals surface area contributed by atoms with Gasteiger partial charge in [-0.3, -0.25) is 19.7 Å². The van der Waals surface area contributed by atoms with Crippen LogP contribution in [0.1, 0.15) is 17.9 Å². The van der Waals surface area contributed by atoms with E-state index in [0.717, 1.165) is 21.4 Å². The second kappa shape index (κ2) is 5.80. The molecule has 0 bridgehead atoms. The van der Waals surface area contributed by atoms with Crippen molar-refractivity contribution in [1.29, 1.82) is 0 Å². The molecule has 0 saturated carbocycles. The topological polar surface area (TPSA) is 85.4 Å². The van der Waals surface area contributed by atoms with Gasteiger partial charge in [-0.1, -0.05) is 30.3 Å². The Kier molecular flexibility index (Phi) is 3.57. The molecule has 2 amide bonds. The maximum atomic E-state index is 13.0. The van der Waals surface area contributed by atoms with Gasteiger partial charge in [0.1, 0.15) is 5.69 Å². The van der Waals surface area contributed by atoms with Crippen LogP contribution >= 0.6 is 0 Å². The first kappa shape index (κ1) is 16.0. The number of carbonyl (C=O) groups excluding carboxylic acids is 2. The fourth-order valence-electron chi connectivity index (χ4n) is 3.59. The zero-order valence-electron chi connectivity index (χ0n) is 14.0. The second-order valence-electron chi connectivity index (χ2n) is 6.28. The molecule has 1 aliphatic heterocycles. The number of rotatable bonds is 3. The van der Waals surface area contributed by atoms with Gasteiger partial charge in [-0.2, -0.15) is 0 Å². The number of anilines is 1. The number of hydrogen-bond acceptors (Lipinski definition) is 4. The van der Waals surface area contributed by atoms with Gasteiger partial charge in [0.2, 0.25) is 11.8 Å². The molecule has 2 heterocycles. The van der Waals surface area contributed by atoms with Gasteiger partial charge in [0.25, 0.3) is 5.69 Å². The Balaban J connectivity index is 1.80. The number of para-hydroxylation sites is 3. The summed E-state index contributed by atoms with van der Waals surface area (Å²) in [6.07, 6.45) is 1.85. The van der Waals surface area contributed by atoms with Gasteiger partial charge in [-0.25, -0.2) is 4.90 Å². The van der Waals surface area contributed by atoms with E-state index in [1.807, 2.05) is 42.1 Å². The number of carbonyl (C=O) groups is 2. The highest BCUT2D eigenvalue weighted by Gasteiger charge is 2.43. The smallest absolute Gasteiger partial charge is 0.293 e. The average molecular weight is 349 g/mol. The van der Waals surface area contributed by atoms with Gasteiger partial charge in [0.05, 0.1) is 10.8 Å². The number of fused-ring (bicyclic) bond motifs is 1. The van der Waals surface area contributed by atoms with E-state index in [9.17, 15) is 19.7 Å². The van der Waals surface area contributed by atoms with Crippen LogP contribution in [0.15, 0.2) is 54.7 Å². The van der Waals surface area contributed by atoms with E-state index in [2.05, 4.69) is 0 Å². The number of aromatic nitrogens is 1. The molecule has 26 heavy (non-hydrogen) atoms. The van der Waals surface area contributed by atoms with E-state index in [4.69, 9.17) is 0 Å². The lowest BCUT2D eigenvalue weighted by Crippen LogP contribution is -2.30. The molecule has 1 unspecified atom stereocenters. The van der Waals surface area contributed by atoms with E-state index in [1.54, 1.807) is 6.07 Å². The van der Waals surface area contributed by atoms with Gasteiger partial charge >= 0.3 is 0 Å². The van der Waals surface area contributed by atoms with Gasteiger partial charge < -0.3 is 4.57 Å². The van der Waals surface area contributed by atoms with Crippen molar-refractivity contribution in [2.45, 2.75) is 12.3 Å². The summed E-state index contributed by atoms with van der Waals surface area (Å²) < 4.78 is 1.91. The average Bonchev–Trinajstić information content (AvgIpc) is 3.12. The van der Waals surface area contributed by atoms with Gasteiger partial charge in [-0.15, -0.1) is 0 Å². The Labute approximate surface area is 148 Å². The number of amides is 2. The van der Waals surface area contributed by atoms with Crippen LogP contribution in [0.2, 0.25) is 0 Å². The Hall–Kier alpha value is -3.48. The lowest BCUT2D eigenvalue weighted by molar-refractivity contribution is -0.384. The number of hydrogen-bond donors (Lipinski definition) is 0. The van der Waals surface area contributed by atoms with Gasteiger partial charge in [-0.05, 0) is 17.7 Å². The van der Waals surface area contributed by atoms with Crippen LogP contribution in [0.5, 0.6) is 0 Å². The molecule has 1 aliphatic rings. The molecule has 0 radical (unpaired) electrons. The summed E-state index contributed by atoms with van der Waals surface area (Å²) in [5.41, 5.74) is 1.50. The molecule has 1 atom stereocenters. The maximum Gasteiger partial charge on any atom is 0.293 e. The fourth-order valence-corrected chi connectivity index (χ4v) is 3.59. The van der Waals surface area contributed by atoms with Crippen molar-refractivity contribution in [3.8, 4) is 0 Å². The molecule has 7 heteroatoms. The van der Waals surface area contributed by atoms with E-state index in [-0.39, 0.29) is 17.8 Å². The van der Waals surface area contributed by atoms with Crippen molar-refractivity contribution >= 4 is 34.1 Å². The van der Waals surface area contributed by atoms with Crippen molar-refractivity contribution < 1.29 is 14.5 Å². The Morgan fingerprint density at radius 2 is 1.77 bits per heavy atom. The molecule has 1 fully saturated rings. The number of imide groups is 1. The van der Waals surface area contributed by atoms with Crippen LogP contribution in [0, 0.1) is 10.1 Å². The third kappa shape index (κ3) is 2.28. The molecular formula is C19H15N3O4. The Morgan fingerprint density at radius 3 is 2.54 bits per heavy atom. The minimum atomic E-state index is -0.645. The SMILES string of the molecule is Cn1cc(C2CC(=O)N(c3ccccc3[N+](=O)[O-])C2=O)c2ccccc21. The molecule has 3 aromatic rings. The zero-order valence-corrected chi connectivity index (χ0v) is 14.0. The molecular weight excluding hydrogens is 334 g/mol. The van der Waals surface area contributed by atoms with Crippen LogP contribution < -0.4 is 4.90 Å². The monoisotopic (exact) mass is 349 g/mol. The third-order valence-corrected chi connectivity index (χ3v) is 4.77. The largest absolute Gasteiger partial charge is 0.350 e. The number of nitro benzene ring substituents is 1. The van der Waals surface area contributed by atoms with E-state index >= 15 is 0 Å². The van der Waals surface area contributed by atoms with E-state index < -0.39 is 22.7 Å². The lowest BCUT2D eigenvalue weighted by atomic mass is 9.97. The third-order valence-electron chi connectivity index (χ3n) is 4.77. The summed E-state index contributed by atoms with van der Waals surface area (Å²) in [6.45, 7) is 0. The predicted octanol–water partition coefficient (Wildman–Crippen LogP) is 3.13. The summed E-state index contributed by atoms with van der Waals surface area (Å²) in [5, 5.41) is 12.2. The van der Waals surface area contributed by atoms with Crippen LogP contribution in [0.25, 0.3) is 10.9 Å². The molecule has 0 spiro atoms. The molecule has 7 nitrogen and oxygen atoms in total. The molecule has 4 rings (SSSR count). The molecule has 130 valence electrons. The van der Waals surface area contributed by atoms with E-state index in [0.29, 0.717) is 0 Å². The first-order chi connectivity index (χ1) is 12.5. The second-order valence-corrected chi connectivity index (χ2v) is 6.28. The van der Waals surface area contributed by atoms with Crippen molar-refractivity contribution in [2.24, 2.45) is 7.05 Å². The molecule has 2 aromatic carbocycles. The van der Waals surface area contributed by atoms with Crippen molar-refractivity contribution in [2.75, 3.05) is 4.90 Å². The van der Waals surface area contributed by atoms with Gasteiger partial charge in [0, 0.05) is 36.6 Å². The van der Waals surface area contributed by atoms with Crippen LogP contribution in [-0.2, 0) is 16.6 Å². The summed E-state index contributed by atoms with van der Waals surface area (Å²) >= 11 is 0. The first-order valence-electron chi connectivity index (χ1n) is 8.13. The van der Waals surface area contributed by atoms with Crippen LogP contribution in [-0.4, -0.2) is 21.3 Å². The molecule has 1 saturated heterocycles.